The molecule has 4 atom stereocenters. The molecule has 2 N–H and O–H groups in total. The summed E-state index contributed by atoms with van der Waals surface area (Å²) in [6, 6.07) is 0. The van der Waals surface area contributed by atoms with E-state index in [0.717, 1.165) is 0 Å². The number of rotatable bonds is 2. The summed E-state index contributed by atoms with van der Waals surface area (Å²) >= 11 is 0. The van der Waals surface area contributed by atoms with Crippen LogP contribution in [0, 0.1) is 11.8 Å². The first kappa shape index (κ1) is 10.5. The van der Waals surface area contributed by atoms with Crippen LogP contribution in [0.25, 0.3) is 0 Å². The van der Waals surface area contributed by atoms with E-state index >= 15 is 0 Å². The first-order valence-corrected chi connectivity index (χ1v) is 4.50. The Balaban J connectivity index is 2.66. The van der Waals surface area contributed by atoms with E-state index in [9.17, 15) is 15.0 Å². The summed E-state index contributed by atoms with van der Waals surface area (Å²) in [5, 5.41) is 19.3. The summed E-state index contributed by atoms with van der Waals surface area (Å²) in [5.41, 5.74) is 0. The Kier molecular flexibility index (Phi) is 2.93. The molecule has 0 spiro atoms. The van der Waals surface area contributed by atoms with E-state index in [1.807, 2.05) is 13.8 Å². The maximum absolute atomic E-state index is 10.1. The third kappa shape index (κ3) is 2.19. The standard InChI is InChI=1S/C9H16O4/c1-6-3-9(12,13-5-10)4-8(11)7(6)2/h5-8,11-12H,3-4H2,1-2H3. The van der Waals surface area contributed by atoms with E-state index in [1.54, 1.807) is 0 Å². The molecule has 0 heterocycles. The third-order valence-corrected chi connectivity index (χ3v) is 2.94. The molecule has 0 saturated heterocycles. The molecular weight excluding hydrogens is 172 g/mol. The van der Waals surface area contributed by atoms with Gasteiger partial charge in [0.15, 0.2) is 0 Å². The molecule has 0 aromatic heterocycles. The second-order valence-corrected chi connectivity index (χ2v) is 3.97. The second-order valence-electron chi connectivity index (χ2n) is 3.97. The van der Waals surface area contributed by atoms with E-state index < -0.39 is 11.9 Å². The van der Waals surface area contributed by atoms with Gasteiger partial charge in [0.05, 0.1) is 6.10 Å². The lowest BCUT2D eigenvalue weighted by molar-refractivity contribution is -0.233. The van der Waals surface area contributed by atoms with Crippen molar-refractivity contribution in [2.75, 3.05) is 0 Å². The highest BCUT2D eigenvalue weighted by atomic mass is 16.6. The van der Waals surface area contributed by atoms with Gasteiger partial charge in [-0.3, -0.25) is 4.79 Å². The average Bonchev–Trinajstić information content (AvgIpc) is 2.00. The molecule has 0 aliphatic heterocycles. The van der Waals surface area contributed by atoms with Crippen LogP contribution in [0.1, 0.15) is 26.7 Å². The summed E-state index contributed by atoms with van der Waals surface area (Å²) in [7, 11) is 0. The van der Waals surface area contributed by atoms with E-state index in [-0.39, 0.29) is 24.7 Å². The zero-order valence-corrected chi connectivity index (χ0v) is 7.93. The summed E-state index contributed by atoms with van der Waals surface area (Å²) in [4.78, 5) is 10.1. The molecule has 13 heavy (non-hydrogen) atoms. The largest absolute Gasteiger partial charge is 0.435 e. The molecule has 1 saturated carbocycles. The predicted molar refractivity (Wildman–Crippen MR) is 45.7 cm³/mol. The van der Waals surface area contributed by atoms with Gasteiger partial charge in [0.1, 0.15) is 0 Å². The first-order chi connectivity index (χ1) is 5.98. The third-order valence-electron chi connectivity index (χ3n) is 2.94. The summed E-state index contributed by atoms with van der Waals surface area (Å²) in [5.74, 6) is -1.18. The van der Waals surface area contributed by atoms with Crippen molar-refractivity contribution in [3.8, 4) is 0 Å². The number of hydrogen-bond acceptors (Lipinski definition) is 4. The Morgan fingerprint density at radius 3 is 2.54 bits per heavy atom. The molecule has 0 radical (unpaired) electrons. The fraction of sp³-hybridized carbons (Fsp3) is 0.889. The lowest BCUT2D eigenvalue weighted by Gasteiger charge is -2.40. The second kappa shape index (κ2) is 3.64. The highest BCUT2D eigenvalue weighted by Crippen LogP contribution is 2.36. The SMILES string of the molecule is CC1CC(O)(OC=O)CC(O)C1C. The zero-order valence-electron chi connectivity index (χ0n) is 7.93. The Bertz CT molecular complexity index is 180. The van der Waals surface area contributed by atoms with E-state index in [1.165, 1.54) is 0 Å². The minimum atomic E-state index is -1.47. The van der Waals surface area contributed by atoms with Gasteiger partial charge in [-0.1, -0.05) is 13.8 Å². The van der Waals surface area contributed by atoms with Crippen molar-refractivity contribution in [1.82, 2.24) is 0 Å². The first-order valence-electron chi connectivity index (χ1n) is 4.50. The maximum Gasteiger partial charge on any atom is 0.295 e. The van der Waals surface area contributed by atoms with Crippen molar-refractivity contribution in [3.05, 3.63) is 0 Å². The number of aliphatic hydroxyl groups excluding tert-OH is 1. The molecule has 76 valence electrons. The highest BCUT2D eigenvalue weighted by Gasteiger charge is 2.42. The molecule has 4 nitrogen and oxygen atoms in total. The Labute approximate surface area is 77.5 Å². The van der Waals surface area contributed by atoms with Gasteiger partial charge in [0, 0.05) is 12.8 Å². The summed E-state index contributed by atoms with van der Waals surface area (Å²) < 4.78 is 4.57. The molecule has 1 fully saturated rings. The van der Waals surface area contributed by atoms with Gasteiger partial charge in [-0.05, 0) is 11.8 Å². The molecule has 4 heteroatoms. The van der Waals surface area contributed by atoms with Crippen LogP contribution >= 0.6 is 0 Å². The molecule has 0 bridgehead atoms. The van der Waals surface area contributed by atoms with Crippen molar-refractivity contribution in [1.29, 1.82) is 0 Å². The number of carbonyl (C=O) groups is 1. The van der Waals surface area contributed by atoms with Crippen LogP contribution in [0.4, 0.5) is 0 Å². The van der Waals surface area contributed by atoms with Gasteiger partial charge >= 0.3 is 0 Å². The molecule has 0 amide bonds. The van der Waals surface area contributed by atoms with Gasteiger partial charge in [0.25, 0.3) is 6.47 Å². The van der Waals surface area contributed by atoms with Crippen LogP contribution in [0.3, 0.4) is 0 Å². The van der Waals surface area contributed by atoms with Gasteiger partial charge in [-0.2, -0.15) is 0 Å². The summed E-state index contributed by atoms with van der Waals surface area (Å²) in [6.07, 6.45) is -0.102. The molecule has 1 aliphatic carbocycles. The van der Waals surface area contributed by atoms with Crippen LogP contribution in [0.15, 0.2) is 0 Å². The van der Waals surface area contributed by atoms with Gasteiger partial charge < -0.3 is 14.9 Å². The highest BCUT2D eigenvalue weighted by molar-refractivity contribution is 5.38. The number of aliphatic hydroxyl groups is 2. The molecule has 1 rings (SSSR count). The van der Waals surface area contributed by atoms with Crippen LogP contribution in [0.2, 0.25) is 0 Å². The Morgan fingerprint density at radius 2 is 2.08 bits per heavy atom. The van der Waals surface area contributed by atoms with Crippen molar-refractivity contribution >= 4 is 6.47 Å². The van der Waals surface area contributed by atoms with E-state index in [0.29, 0.717) is 6.42 Å². The van der Waals surface area contributed by atoms with E-state index in [2.05, 4.69) is 4.74 Å². The van der Waals surface area contributed by atoms with Crippen LogP contribution < -0.4 is 0 Å². The van der Waals surface area contributed by atoms with Gasteiger partial charge in [0.2, 0.25) is 5.79 Å². The number of carbonyl (C=O) groups excluding carboxylic acids is 1. The topological polar surface area (TPSA) is 66.8 Å². The maximum atomic E-state index is 10.1. The van der Waals surface area contributed by atoms with Crippen LogP contribution in [-0.2, 0) is 9.53 Å². The number of hydrogen-bond donors (Lipinski definition) is 2. The van der Waals surface area contributed by atoms with Gasteiger partial charge in [-0.15, -0.1) is 0 Å². The smallest absolute Gasteiger partial charge is 0.295 e. The summed E-state index contributed by atoms with van der Waals surface area (Å²) in [6.45, 7) is 4.08. The predicted octanol–water partition coefficient (Wildman–Crippen LogP) is 0.275. The lowest BCUT2D eigenvalue weighted by atomic mass is 9.76. The zero-order chi connectivity index (χ0) is 10.1. The van der Waals surface area contributed by atoms with Crippen LogP contribution in [0.5, 0.6) is 0 Å². The van der Waals surface area contributed by atoms with Crippen LogP contribution in [-0.4, -0.2) is 28.6 Å². The average molecular weight is 188 g/mol. The monoisotopic (exact) mass is 188 g/mol. The normalized spacial score (nSPS) is 45.7. The molecule has 0 aromatic rings. The fourth-order valence-electron chi connectivity index (χ4n) is 1.85. The number of ether oxygens (including phenoxy) is 1. The Morgan fingerprint density at radius 1 is 1.46 bits per heavy atom. The molecular formula is C9H16O4. The van der Waals surface area contributed by atoms with E-state index in [4.69, 9.17) is 0 Å². The lowest BCUT2D eigenvalue weighted by Crippen LogP contribution is -2.46. The molecule has 1 aliphatic rings. The fourth-order valence-corrected chi connectivity index (χ4v) is 1.85. The minimum Gasteiger partial charge on any atom is -0.435 e. The molecule has 4 unspecified atom stereocenters. The molecule has 0 aromatic carbocycles. The van der Waals surface area contributed by atoms with Crippen molar-refractivity contribution < 1.29 is 19.7 Å². The van der Waals surface area contributed by atoms with Crippen molar-refractivity contribution in [2.45, 2.75) is 38.6 Å². The van der Waals surface area contributed by atoms with Gasteiger partial charge in [-0.25, -0.2) is 0 Å². The van der Waals surface area contributed by atoms with Crippen molar-refractivity contribution in [3.63, 3.8) is 0 Å². The van der Waals surface area contributed by atoms with Crippen molar-refractivity contribution in [2.24, 2.45) is 11.8 Å². The Hall–Kier alpha value is -0.610. The quantitative estimate of drug-likeness (QED) is 0.482. The minimum absolute atomic E-state index is 0.108.